The Bertz CT molecular complexity index is 855. The molecule has 30 heavy (non-hydrogen) atoms. The van der Waals surface area contributed by atoms with Crippen LogP contribution in [0.4, 0.5) is 8.78 Å². The van der Waals surface area contributed by atoms with Crippen LogP contribution >= 0.6 is 0 Å². The number of pyridine rings is 1. The number of carbonyl (C=O) groups is 1. The highest BCUT2D eigenvalue weighted by Crippen LogP contribution is 2.32. The Morgan fingerprint density at radius 2 is 1.93 bits per heavy atom. The topological polar surface area (TPSA) is 45.2 Å². The second kappa shape index (κ2) is 9.65. The van der Waals surface area contributed by atoms with E-state index < -0.39 is 11.6 Å². The van der Waals surface area contributed by atoms with Gasteiger partial charge in [0.2, 0.25) is 5.91 Å². The number of amides is 1. The lowest BCUT2D eigenvalue weighted by Crippen LogP contribution is -2.44. The molecule has 1 aliphatic heterocycles. The summed E-state index contributed by atoms with van der Waals surface area (Å²) in [7, 11) is 0. The maximum Gasteiger partial charge on any atom is 0.223 e. The van der Waals surface area contributed by atoms with Crippen LogP contribution in [0.25, 0.3) is 0 Å². The van der Waals surface area contributed by atoms with E-state index in [1.54, 1.807) is 18.3 Å². The smallest absolute Gasteiger partial charge is 0.223 e. The van der Waals surface area contributed by atoms with Crippen molar-refractivity contribution in [3.63, 3.8) is 0 Å². The number of likely N-dealkylation sites (tertiary alicyclic amines) is 1. The van der Waals surface area contributed by atoms with Crippen LogP contribution in [0.3, 0.4) is 0 Å². The largest absolute Gasteiger partial charge is 0.347 e. The molecular formula is C24H29F2N3O. The van der Waals surface area contributed by atoms with Gasteiger partial charge in [0, 0.05) is 30.8 Å². The van der Waals surface area contributed by atoms with Gasteiger partial charge >= 0.3 is 0 Å². The first-order valence-corrected chi connectivity index (χ1v) is 11.0. The van der Waals surface area contributed by atoms with Gasteiger partial charge in [-0.2, -0.15) is 0 Å². The predicted octanol–water partition coefficient (Wildman–Crippen LogP) is 4.62. The second-order valence-electron chi connectivity index (χ2n) is 8.57. The van der Waals surface area contributed by atoms with E-state index in [9.17, 15) is 13.6 Å². The molecule has 160 valence electrons. The number of hydrogen-bond donors (Lipinski definition) is 1. The molecule has 0 bridgehead atoms. The first kappa shape index (κ1) is 20.9. The number of nitrogens with zero attached hydrogens (tertiary/aromatic N) is 2. The van der Waals surface area contributed by atoms with Crippen molar-refractivity contribution in [3.8, 4) is 0 Å². The van der Waals surface area contributed by atoms with Gasteiger partial charge in [0.15, 0.2) is 11.6 Å². The molecule has 1 aromatic carbocycles. The van der Waals surface area contributed by atoms with Crippen LogP contribution in [-0.2, 0) is 11.3 Å². The van der Waals surface area contributed by atoms with Crippen molar-refractivity contribution >= 4 is 5.91 Å². The van der Waals surface area contributed by atoms with Crippen molar-refractivity contribution in [2.45, 2.75) is 51.1 Å². The number of halogens is 2. The Kier molecular flexibility index (Phi) is 6.72. The summed E-state index contributed by atoms with van der Waals surface area (Å²) < 4.78 is 27.8. The molecule has 2 heterocycles. The van der Waals surface area contributed by atoms with E-state index >= 15 is 0 Å². The third-order valence-electron chi connectivity index (χ3n) is 6.47. The van der Waals surface area contributed by atoms with Crippen LogP contribution < -0.4 is 5.32 Å². The van der Waals surface area contributed by atoms with Gasteiger partial charge in [-0.15, -0.1) is 0 Å². The molecule has 6 heteroatoms. The minimum atomic E-state index is -0.809. The molecule has 1 amide bonds. The summed E-state index contributed by atoms with van der Waals surface area (Å²) in [6.45, 7) is 1.91. The Hall–Kier alpha value is -2.34. The van der Waals surface area contributed by atoms with Crippen LogP contribution in [-0.4, -0.2) is 28.9 Å². The minimum Gasteiger partial charge on any atom is -0.347 e. The molecule has 2 aromatic rings. The molecule has 2 atom stereocenters. The van der Waals surface area contributed by atoms with Gasteiger partial charge < -0.3 is 5.32 Å². The molecule has 4 rings (SSSR count). The molecule has 1 N–H and O–H groups in total. The third-order valence-corrected chi connectivity index (χ3v) is 6.47. The fourth-order valence-electron chi connectivity index (χ4n) is 4.87. The maximum absolute atomic E-state index is 14.2. The van der Waals surface area contributed by atoms with Gasteiger partial charge in [0.1, 0.15) is 0 Å². The van der Waals surface area contributed by atoms with E-state index in [1.165, 1.54) is 0 Å². The lowest BCUT2D eigenvalue weighted by atomic mass is 9.87. The summed E-state index contributed by atoms with van der Waals surface area (Å²) in [4.78, 5) is 19.6. The first-order valence-electron chi connectivity index (χ1n) is 11.0. The number of carbonyl (C=O) groups excluding carboxylic acids is 1. The van der Waals surface area contributed by atoms with E-state index in [0.29, 0.717) is 18.7 Å². The Balaban J connectivity index is 1.49. The van der Waals surface area contributed by atoms with Gasteiger partial charge in [0.25, 0.3) is 0 Å². The van der Waals surface area contributed by atoms with Crippen molar-refractivity contribution < 1.29 is 13.6 Å². The summed E-state index contributed by atoms with van der Waals surface area (Å²) in [5, 5.41) is 3.29. The summed E-state index contributed by atoms with van der Waals surface area (Å²) in [5.74, 6) is -1.18. The van der Waals surface area contributed by atoms with Crippen LogP contribution in [0.5, 0.6) is 0 Å². The first-order chi connectivity index (χ1) is 14.6. The fraction of sp³-hybridized carbons (Fsp3) is 0.500. The molecule has 1 saturated heterocycles. The second-order valence-corrected chi connectivity index (χ2v) is 8.57. The lowest BCUT2D eigenvalue weighted by Gasteiger charge is -2.37. The van der Waals surface area contributed by atoms with Crippen LogP contribution in [0, 0.1) is 23.5 Å². The molecule has 1 aromatic heterocycles. The average molecular weight is 414 g/mol. The quantitative estimate of drug-likeness (QED) is 0.752. The number of aromatic nitrogens is 1. The summed E-state index contributed by atoms with van der Waals surface area (Å²) >= 11 is 0. The van der Waals surface area contributed by atoms with Gasteiger partial charge in [-0.05, 0) is 56.3 Å². The minimum absolute atomic E-state index is 0.0947. The molecule has 2 aliphatic rings. The zero-order valence-electron chi connectivity index (χ0n) is 17.2. The van der Waals surface area contributed by atoms with Gasteiger partial charge in [0.05, 0.1) is 11.7 Å². The zero-order chi connectivity index (χ0) is 20.9. The van der Waals surface area contributed by atoms with Gasteiger partial charge in [-0.25, -0.2) is 8.78 Å². The Labute approximate surface area is 176 Å². The molecular weight excluding hydrogens is 384 g/mol. The van der Waals surface area contributed by atoms with Crippen molar-refractivity contribution in [1.82, 2.24) is 15.2 Å². The number of piperidine rings is 1. The SMILES string of the molecule is O=C(N[C@@H](c1ccccn1)[C@@H]1CCCN(Cc2cccc(F)c2F)C1)C1CCCC1. The number of nitrogens with one attached hydrogen (secondary N) is 1. The molecule has 0 unspecified atom stereocenters. The van der Waals surface area contributed by atoms with Crippen LogP contribution in [0.2, 0.25) is 0 Å². The fourth-order valence-corrected chi connectivity index (χ4v) is 4.87. The van der Waals surface area contributed by atoms with E-state index in [1.807, 2.05) is 18.2 Å². The summed E-state index contributed by atoms with van der Waals surface area (Å²) in [6.07, 6.45) is 7.81. The highest BCUT2D eigenvalue weighted by atomic mass is 19.2. The van der Waals surface area contributed by atoms with Crippen molar-refractivity contribution in [1.29, 1.82) is 0 Å². The number of rotatable bonds is 6. The predicted molar refractivity (Wildman–Crippen MR) is 111 cm³/mol. The van der Waals surface area contributed by atoms with Crippen LogP contribution in [0.15, 0.2) is 42.6 Å². The molecule has 0 radical (unpaired) electrons. The molecule has 4 nitrogen and oxygen atoms in total. The highest BCUT2D eigenvalue weighted by molar-refractivity contribution is 5.79. The standard InChI is InChI=1S/C24H29F2N3O/c25-20-11-5-9-18(22(20)26)15-29-14-6-10-19(16-29)23(21-12-3-4-13-27-21)28-24(30)17-7-1-2-8-17/h3-5,9,11-13,17,19,23H,1-2,6-8,10,14-16H2,(H,28,30)/t19-,23-/m1/s1. The molecule has 1 saturated carbocycles. The third kappa shape index (κ3) is 4.86. The van der Waals surface area contributed by atoms with Crippen LogP contribution in [0.1, 0.15) is 55.8 Å². The molecule has 0 spiro atoms. The van der Waals surface area contributed by atoms with Crippen molar-refractivity contribution in [2.75, 3.05) is 13.1 Å². The normalized spacial score (nSPS) is 21.5. The van der Waals surface area contributed by atoms with Gasteiger partial charge in [-0.1, -0.05) is 31.0 Å². The van der Waals surface area contributed by atoms with E-state index in [4.69, 9.17) is 0 Å². The van der Waals surface area contributed by atoms with Crippen molar-refractivity contribution in [3.05, 3.63) is 65.5 Å². The maximum atomic E-state index is 14.2. The lowest BCUT2D eigenvalue weighted by molar-refractivity contribution is -0.126. The van der Waals surface area contributed by atoms with Crippen molar-refractivity contribution in [2.24, 2.45) is 11.8 Å². The van der Waals surface area contributed by atoms with Gasteiger partial charge in [-0.3, -0.25) is 14.7 Å². The summed E-state index contributed by atoms with van der Waals surface area (Å²) in [5.41, 5.74) is 1.24. The molecule has 2 fully saturated rings. The van der Waals surface area contributed by atoms with E-state index in [2.05, 4.69) is 15.2 Å². The summed E-state index contributed by atoms with van der Waals surface area (Å²) in [6, 6.07) is 9.95. The number of benzene rings is 1. The number of hydrogen-bond acceptors (Lipinski definition) is 3. The highest BCUT2D eigenvalue weighted by Gasteiger charge is 2.33. The monoisotopic (exact) mass is 413 g/mol. The average Bonchev–Trinajstić information content (AvgIpc) is 3.31. The van der Waals surface area contributed by atoms with E-state index in [0.717, 1.165) is 56.8 Å². The molecule has 1 aliphatic carbocycles. The Morgan fingerprint density at radius 3 is 2.70 bits per heavy atom. The van der Waals surface area contributed by atoms with E-state index in [-0.39, 0.29) is 23.8 Å². The zero-order valence-corrected chi connectivity index (χ0v) is 17.2. The Morgan fingerprint density at radius 1 is 1.10 bits per heavy atom.